The molecule has 3 heteroatoms. The number of nitrogens with one attached hydrogen (secondary N) is 1. The fourth-order valence-corrected chi connectivity index (χ4v) is 2.99. The monoisotopic (exact) mass is 334 g/mol. The maximum atomic E-state index is 12.2. The van der Waals surface area contributed by atoms with Gasteiger partial charge in [-0.1, -0.05) is 74.9 Å². The van der Waals surface area contributed by atoms with E-state index >= 15 is 0 Å². The van der Waals surface area contributed by atoms with Gasteiger partial charge in [0.05, 0.1) is 6.21 Å². The Morgan fingerprint density at radius 1 is 1.08 bits per heavy atom. The molecule has 2 aromatic carbocycles. The first kappa shape index (κ1) is 17.4. The molecule has 0 radical (unpaired) electrons. The van der Waals surface area contributed by atoms with Crippen LogP contribution in [0.5, 0.6) is 0 Å². The zero-order valence-corrected chi connectivity index (χ0v) is 15.4. The smallest absolute Gasteiger partial charge is 0.243 e. The first-order chi connectivity index (χ1) is 11.8. The van der Waals surface area contributed by atoms with Crippen molar-refractivity contribution in [3.63, 3.8) is 0 Å². The Hall–Kier alpha value is -2.42. The summed E-state index contributed by atoms with van der Waals surface area (Å²) in [6.45, 7) is 8.67. The highest BCUT2D eigenvalue weighted by Crippen LogP contribution is 2.47. The number of benzene rings is 2. The van der Waals surface area contributed by atoms with E-state index in [1.807, 2.05) is 31.2 Å². The van der Waals surface area contributed by atoms with Crippen LogP contribution in [-0.4, -0.2) is 12.1 Å². The molecule has 1 aliphatic rings. The third-order valence-electron chi connectivity index (χ3n) is 4.80. The SMILES string of the molecule is Cc1ccc(C=NNC(=O)[C@@H]2C[C@@H]2c2ccc(C(C)(C)C)cc2)cc1. The van der Waals surface area contributed by atoms with Crippen molar-refractivity contribution in [3.05, 3.63) is 70.8 Å². The number of amides is 1. The minimum Gasteiger partial charge on any atom is -0.273 e. The third kappa shape index (κ3) is 4.36. The predicted octanol–water partition coefficient (Wildman–Crippen LogP) is 4.55. The molecule has 0 saturated heterocycles. The number of carbonyl (C=O) groups is 1. The van der Waals surface area contributed by atoms with Gasteiger partial charge in [-0.3, -0.25) is 4.79 Å². The summed E-state index contributed by atoms with van der Waals surface area (Å²) in [6.07, 6.45) is 2.59. The van der Waals surface area contributed by atoms with Crippen molar-refractivity contribution >= 4 is 12.1 Å². The summed E-state index contributed by atoms with van der Waals surface area (Å²) in [5, 5.41) is 4.08. The second kappa shape index (κ2) is 6.83. The molecule has 0 spiro atoms. The molecule has 1 amide bonds. The van der Waals surface area contributed by atoms with Crippen molar-refractivity contribution in [2.75, 3.05) is 0 Å². The average molecular weight is 334 g/mol. The fourth-order valence-electron chi connectivity index (χ4n) is 2.99. The molecule has 3 rings (SSSR count). The first-order valence-corrected chi connectivity index (χ1v) is 8.84. The van der Waals surface area contributed by atoms with Crippen LogP contribution in [0, 0.1) is 12.8 Å². The van der Waals surface area contributed by atoms with Gasteiger partial charge in [0.15, 0.2) is 0 Å². The van der Waals surface area contributed by atoms with Gasteiger partial charge in [-0.2, -0.15) is 5.10 Å². The van der Waals surface area contributed by atoms with Crippen LogP contribution in [0.25, 0.3) is 0 Å². The molecular weight excluding hydrogens is 308 g/mol. The highest BCUT2D eigenvalue weighted by molar-refractivity contribution is 5.85. The molecule has 130 valence electrons. The van der Waals surface area contributed by atoms with Gasteiger partial charge in [-0.25, -0.2) is 5.43 Å². The number of hydrogen-bond donors (Lipinski definition) is 1. The van der Waals surface area contributed by atoms with Crippen LogP contribution in [0.1, 0.15) is 55.4 Å². The lowest BCUT2D eigenvalue weighted by atomic mass is 9.86. The summed E-state index contributed by atoms with van der Waals surface area (Å²) >= 11 is 0. The maximum absolute atomic E-state index is 12.2. The number of aryl methyl sites for hydroxylation is 1. The predicted molar refractivity (Wildman–Crippen MR) is 103 cm³/mol. The molecule has 0 aromatic heterocycles. The highest BCUT2D eigenvalue weighted by atomic mass is 16.2. The van der Waals surface area contributed by atoms with Gasteiger partial charge in [-0.05, 0) is 41.4 Å². The zero-order chi connectivity index (χ0) is 18.0. The second-order valence-corrected chi connectivity index (χ2v) is 7.97. The number of carbonyl (C=O) groups excluding carboxylic acids is 1. The van der Waals surface area contributed by atoms with Crippen LogP contribution in [0.2, 0.25) is 0 Å². The summed E-state index contributed by atoms with van der Waals surface area (Å²) < 4.78 is 0. The van der Waals surface area contributed by atoms with E-state index in [4.69, 9.17) is 0 Å². The molecule has 0 heterocycles. The second-order valence-electron chi connectivity index (χ2n) is 7.97. The number of rotatable bonds is 4. The van der Waals surface area contributed by atoms with Crippen molar-refractivity contribution in [2.24, 2.45) is 11.0 Å². The molecule has 25 heavy (non-hydrogen) atoms. The quantitative estimate of drug-likeness (QED) is 0.647. The van der Waals surface area contributed by atoms with Gasteiger partial charge < -0.3 is 0 Å². The third-order valence-corrected chi connectivity index (χ3v) is 4.80. The minimum atomic E-state index is 0.00765. The Kier molecular flexibility index (Phi) is 4.76. The Morgan fingerprint density at radius 3 is 2.32 bits per heavy atom. The van der Waals surface area contributed by atoms with E-state index in [1.54, 1.807) is 6.21 Å². The molecule has 0 bridgehead atoms. The molecule has 0 unspecified atom stereocenters. The zero-order valence-electron chi connectivity index (χ0n) is 15.4. The van der Waals surface area contributed by atoms with Gasteiger partial charge in [0, 0.05) is 5.92 Å². The van der Waals surface area contributed by atoms with Crippen LogP contribution in [0.3, 0.4) is 0 Å². The Morgan fingerprint density at radius 2 is 1.72 bits per heavy atom. The van der Waals surface area contributed by atoms with E-state index < -0.39 is 0 Å². The highest BCUT2D eigenvalue weighted by Gasteiger charge is 2.43. The van der Waals surface area contributed by atoms with Crippen LogP contribution in [0.4, 0.5) is 0 Å². The molecule has 2 atom stereocenters. The van der Waals surface area contributed by atoms with Crippen LogP contribution in [0.15, 0.2) is 53.6 Å². The van der Waals surface area contributed by atoms with E-state index in [0.29, 0.717) is 5.92 Å². The van der Waals surface area contributed by atoms with E-state index in [0.717, 1.165) is 12.0 Å². The first-order valence-electron chi connectivity index (χ1n) is 8.84. The lowest BCUT2D eigenvalue weighted by Gasteiger charge is -2.19. The van der Waals surface area contributed by atoms with Crippen molar-refractivity contribution in [3.8, 4) is 0 Å². The van der Waals surface area contributed by atoms with E-state index in [9.17, 15) is 4.79 Å². The average Bonchev–Trinajstić information content (AvgIpc) is 3.37. The summed E-state index contributed by atoms with van der Waals surface area (Å²) in [5.74, 6) is 0.368. The van der Waals surface area contributed by atoms with E-state index in [2.05, 4.69) is 55.6 Å². The molecule has 1 N–H and O–H groups in total. The molecule has 1 fully saturated rings. The van der Waals surface area contributed by atoms with E-state index in [1.165, 1.54) is 16.7 Å². The fraction of sp³-hybridized carbons (Fsp3) is 0.364. The van der Waals surface area contributed by atoms with Crippen molar-refractivity contribution in [2.45, 2.75) is 45.4 Å². The van der Waals surface area contributed by atoms with Crippen molar-refractivity contribution in [1.82, 2.24) is 5.43 Å². The summed E-state index contributed by atoms with van der Waals surface area (Å²) in [6, 6.07) is 16.7. The van der Waals surface area contributed by atoms with Crippen LogP contribution < -0.4 is 5.43 Å². The molecule has 0 aliphatic heterocycles. The largest absolute Gasteiger partial charge is 0.273 e. The molecule has 3 nitrogen and oxygen atoms in total. The normalized spacial score (nSPS) is 19.8. The van der Waals surface area contributed by atoms with Gasteiger partial charge in [0.1, 0.15) is 0 Å². The maximum Gasteiger partial charge on any atom is 0.243 e. The Bertz CT molecular complexity index is 767. The molecule has 1 aliphatic carbocycles. The summed E-state index contributed by atoms with van der Waals surface area (Å²) in [5.41, 5.74) is 7.59. The number of hydrogen-bond acceptors (Lipinski definition) is 2. The summed E-state index contributed by atoms with van der Waals surface area (Å²) in [4.78, 5) is 12.2. The minimum absolute atomic E-state index is 0.00765. The lowest BCUT2D eigenvalue weighted by molar-refractivity contribution is -0.122. The Balaban J connectivity index is 1.54. The molecule has 1 saturated carbocycles. The van der Waals surface area contributed by atoms with Gasteiger partial charge in [-0.15, -0.1) is 0 Å². The van der Waals surface area contributed by atoms with E-state index in [-0.39, 0.29) is 17.2 Å². The van der Waals surface area contributed by atoms with Crippen molar-refractivity contribution < 1.29 is 4.79 Å². The molecular formula is C22H26N2O. The Labute approximate surface area is 150 Å². The van der Waals surface area contributed by atoms with Gasteiger partial charge >= 0.3 is 0 Å². The van der Waals surface area contributed by atoms with Gasteiger partial charge in [0.25, 0.3) is 0 Å². The number of nitrogens with zero attached hydrogens (tertiary/aromatic N) is 1. The molecule has 2 aromatic rings. The summed E-state index contributed by atoms with van der Waals surface area (Å²) in [7, 11) is 0. The van der Waals surface area contributed by atoms with Crippen LogP contribution >= 0.6 is 0 Å². The van der Waals surface area contributed by atoms with Gasteiger partial charge in [0.2, 0.25) is 5.91 Å². The number of hydrazone groups is 1. The standard InChI is InChI=1S/C22H26N2O/c1-15-5-7-16(8-6-15)14-23-24-21(25)20-13-19(20)17-9-11-18(12-10-17)22(2,3)4/h5-12,14,19-20H,13H2,1-4H3,(H,24,25)/t19-,20-/m1/s1. The lowest BCUT2D eigenvalue weighted by Crippen LogP contribution is -2.20. The topological polar surface area (TPSA) is 41.5 Å². The van der Waals surface area contributed by atoms with Crippen LogP contribution in [-0.2, 0) is 10.2 Å². The van der Waals surface area contributed by atoms with Crippen molar-refractivity contribution in [1.29, 1.82) is 0 Å².